The van der Waals surface area contributed by atoms with Crippen molar-refractivity contribution in [2.75, 3.05) is 11.9 Å². The molecule has 0 aromatic heterocycles. The molecule has 1 N–H and O–H groups in total. The average Bonchev–Trinajstić information content (AvgIpc) is 2.48. The molecule has 0 aliphatic heterocycles. The predicted molar refractivity (Wildman–Crippen MR) is 98.3 cm³/mol. The zero-order valence-corrected chi connectivity index (χ0v) is 15.5. The van der Waals surface area contributed by atoms with E-state index in [2.05, 4.69) is 48.1 Å². The SMILES string of the molecule is Cc1cc(NC(=O)COc2ccc(C(C)C)c(C)c2)ccc1Br. The number of nitrogens with one attached hydrogen (secondary N) is 1. The van der Waals surface area contributed by atoms with Gasteiger partial charge in [-0.05, 0) is 66.8 Å². The lowest BCUT2D eigenvalue weighted by atomic mass is 9.98. The first-order valence-corrected chi connectivity index (χ1v) is 8.45. The third-order valence-electron chi connectivity index (χ3n) is 3.67. The third kappa shape index (κ3) is 4.83. The molecule has 0 bridgehead atoms. The first kappa shape index (κ1) is 17.5. The highest BCUT2D eigenvalue weighted by molar-refractivity contribution is 9.10. The summed E-state index contributed by atoms with van der Waals surface area (Å²) in [4.78, 5) is 12.0. The van der Waals surface area contributed by atoms with Crippen LogP contribution in [0, 0.1) is 13.8 Å². The number of halogens is 1. The molecule has 0 atom stereocenters. The molecule has 0 aliphatic rings. The Morgan fingerprint density at radius 1 is 1.13 bits per heavy atom. The molecule has 0 fully saturated rings. The molecule has 2 rings (SSSR count). The molecule has 0 saturated carbocycles. The standard InChI is InChI=1S/C19H22BrNO2/c1-12(2)17-7-6-16(10-13(17)3)23-11-19(22)21-15-5-8-18(20)14(4)9-15/h5-10,12H,11H2,1-4H3,(H,21,22). The van der Waals surface area contributed by atoms with E-state index in [1.807, 2.05) is 37.3 Å². The van der Waals surface area contributed by atoms with Gasteiger partial charge in [0.2, 0.25) is 0 Å². The van der Waals surface area contributed by atoms with Gasteiger partial charge in [0.25, 0.3) is 5.91 Å². The van der Waals surface area contributed by atoms with E-state index in [1.54, 1.807) is 0 Å². The van der Waals surface area contributed by atoms with Gasteiger partial charge in [-0.25, -0.2) is 0 Å². The van der Waals surface area contributed by atoms with Crippen molar-refractivity contribution in [1.82, 2.24) is 0 Å². The van der Waals surface area contributed by atoms with Crippen LogP contribution in [0.2, 0.25) is 0 Å². The van der Waals surface area contributed by atoms with Crippen LogP contribution < -0.4 is 10.1 Å². The highest BCUT2D eigenvalue weighted by Crippen LogP contribution is 2.23. The van der Waals surface area contributed by atoms with E-state index in [0.29, 0.717) is 11.7 Å². The first-order chi connectivity index (χ1) is 10.9. The van der Waals surface area contributed by atoms with Gasteiger partial charge in [0, 0.05) is 10.2 Å². The highest BCUT2D eigenvalue weighted by Gasteiger charge is 2.07. The summed E-state index contributed by atoms with van der Waals surface area (Å²) < 4.78 is 6.61. The van der Waals surface area contributed by atoms with Crippen molar-refractivity contribution in [3.05, 3.63) is 57.6 Å². The van der Waals surface area contributed by atoms with Crippen LogP contribution in [0.1, 0.15) is 36.5 Å². The van der Waals surface area contributed by atoms with Gasteiger partial charge in [0.05, 0.1) is 0 Å². The second kappa shape index (κ2) is 7.64. The average molecular weight is 376 g/mol. The van der Waals surface area contributed by atoms with Gasteiger partial charge < -0.3 is 10.1 Å². The summed E-state index contributed by atoms with van der Waals surface area (Å²) in [6.45, 7) is 8.37. The Morgan fingerprint density at radius 2 is 1.87 bits per heavy atom. The Bertz CT molecular complexity index is 711. The Hall–Kier alpha value is -1.81. The number of hydrogen-bond acceptors (Lipinski definition) is 2. The molecule has 0 saturated heterocycles. The smallest absolute Gasteiger partial charge is 0.262 e. The van der Waals surface area contributed by atoms with Gasteiger partial charge in [0.15, 0.2) is 6.61 Å². The number of carbonyl (C=O) groups is 1. The molecule has 0 radical (unpaired) electrons. The molecule has 2 aromatic rings. The van der Waals surface area contributed by atoms with Crippen LogP contribution in [-0.4, -0.2) is 12.5 Å². The van der Waals surface area contributed by atoms with Crippen molar-refractivity contribution in [3.8, 4) is 5.75 Å². The van der Waals surface area contributed by atoms with E-state index in [9.17, 15) is 4.79 Å². The maximum atomic E-state index is 12.0. The molecule has 23 heavy (non-hydrogen) atoms. The van der Waals surface area contributed by atoms with E-state index in [4.69, 9.17) is 4.74 Å². The van der Waals surface area contributed by atoms with Crippen LogP contribution in [0.3, 0.4) is 0 Å². The quantitative estimate of drug-likeness (QED) is 0.778. The fraction of sp³-hybridized carbons (Fsp3) is 0.316. The molecular weight excluding hydrogens is 354 g/mol. The summed E-state index contributed by atoms with van der Waals surface area (Å²) in [7, 11) is 0. The number of anilines is 1. The number of amides is 1. The summed E-state index contributed by atoms with van der Waals surface area (Å²) >= 11 is 3.44. The van der Waals surface area contributed by atoms with E-state index in [0.717, 1.165) is 15.7 Å². The van der Waals surface area contributed by atoms with Crippen molar-refractivity contribution < 1.29 is 9.53 Å². The van der Waals surface area contributed by atoms with Gasteiger partial charge >= 0.3 is 0 Å². The second-order valence-corrected chi connectivity index (χ2v) is 6.83. The fourth-order valence-electron chi connectivity index (χ4n) is 2.45. The summed E-state index contributed by atoms with van der Waals surface area (Å²) in [5.74, 6) is 1.03. The van der Waals surface area contributed by atoms with Gasteiger partial charge in [-0.15, -0.1) is 0 Å². The van der Waals surface area contributed by atoms with E-state index in [-0.39, 0.29) is 12.5 Å². The fourth-order valence-corrected chi connectivity index (χ4v) is 2.70. The van der Waals surface area contributed by atoms with Crippen molar-refractivity contribution >= 4 is 27.5 Å². The molecule has 4 heteroatoms. The largest absolute Gasteiger partial charge is 0.484 e. The lowest BCUT2D eigenvalue weighted by molar-refractivity contribution is -0.118. The number of carbonyl (C=O) groups excluding carboxylic acids is 1. The van der Waals surface area contributed by atoms with E-state index < -0.39 is 0 Å². The molecule has 122 valence electrons. The molecule has 0 aliphatic carbocycles. The van der Waals surface area contributed by atoms with Crippen LogP contribution in [-0.2, 0) is 4.79 Å². The highest BCUT2D eigenvalue weighted by atomic mass is 79.9. The van der Waals surface area contributed by atoms with Crippen LogP contribution in [0.4, 0.5) is 5.69 Å². The predicted octanol–water partition coefficient (Wildman–Crippen LogP) is 5.21. The molecular formula is C19H22BrNO2. The van der Waals surface area contributed by atoms with Crippen LogP contribution >= 0.6 is 15.9 Å². The van der Waals surface area contributed by atoms with Crippen LogP contribution in [0.25, 0.3) is 0 Å². The Labute approximate surface area is 146 Å². The summed E-state index contributed by atoms with van der Waals surface area (Å²) in [5.41, 5.74) is 4.32. The Morgan fingerprint density at radius 3 is 2.48 bits per heavy atom. The number of hydrogen-bond donors (Lipinski definition) is 1. The van der Waals surface area contributed by atoms with Gasteiger partial charge in [-0.2, -0.15) is 0 Å². The maximum Gasteiger partial charge on any atom is 0.262 e. The summed E-state index contributed by atoms with van der Waals surface area (Å²) in [6.07, 6.45) is 0. The zero-order valence-electron chi connectivity index (χ0n) is 13.9. The molecule has 0 spiro atoms. The zero-order chi connectivity index (χ0) is 17.0. The minimum atomic E-state index is -0.169. The third-order valence-corrected chi connectivity index (χ3v) is 4.56. The van der Waals surface area contributed by atoms with Crippen molar-refractivity contribution in [1.29, 1.82) is 0 Å². The molecule has 0 heterocycles. The topological polar surface area (TPSA) is 38.3 Å². The molecule has 2 aromatic carbocycles. The van der Waals surface area contributed by atoms with Gasteiger partial charge in [-0.3, -0.25) is 4.79 Å². The van der Waals surface area contributed by atoms with Crippen molar-refractivity contribution in [3.63, 3.8) is 0 Å². The van der Waals surface area contributed by atoms with Crippen molar-refractivity contribution in [2.45, 2.75) is 33.6 Å². The number of rotatable bonds is 5. The maximum absolute atomic E-state index is 12.0. The van der Waals surface area contributed by atoms with Crippen molar-refractivity contribution in [2.24, 2.45) is 0 Å². The monoisotopic (exact) mass is 375 g/mol. The Kier molecular flexibility index (Phi) is 5.83. The lowest BCUT2D eigenvalue weighted by Gasteiger charge is -2.12. The molecule has 1 amide bonds. The van der Waals surface area contributed by atoms with Crippen LogP contribution in [0.5, 0.6) is 5.75 Å². The Balaban J connectivity index is 1.94. The second-order valence-electron chi connectivity index (χ2n) is 5.97. The number of benzene rings is 2. The first-order valence-electron chi connectivity index (χ1n) is 7.66. The normalized spacial score (nSPS) is 10.7. The minimum absolute atomic E-state index is 0.00439. The molecule has 3 nitrogen and oxygen atoms in total. The minimum Gasteiger partial charge on any atom is -0.484 e. The van der Waals surface area contributed by atoms with Gasteiger partial charge in [0.1, 0.15) is 5.75 Å². The van der Waals surface area contributed by atoms with E-state index >= 15 is 0 Å². The van der Waals surface area contributed by atoms with Gasteiger partial charge in [-0.1, -0.05) is 35.8 Å². The lowest BCUT2D eigenvalue weighted by Crippen LogP contribution is -2.20. The summed E-state index contributed by atoms with van der Waals surface area (Å²) in [5, 5.41) is 2.84. The molecule has 0 unspecified atom stereocenters. The summed E-state index contributed by atoms with van der Waals surface area (Å²) in [6, 6.07) is 11.6. The number of aryl methyl sites for hydroxylation is 2. The van der Waals surface area contributed by atoms with E-state index in [1.165, 1.54) is 11.1 Å². The van der Waals surface area contributed by atoms with Crippen LogP contribution in [0.15, 0.2) is 40.9 Å². The number of ether oxygens (including phenoxy) is 1.